The molecule has 0 atom stereocenters. The summed E-state index contributed by atoms with van der Waals surface area (Å²) in [5, 5.41) is 8.48. The standard InChI is InChI=1S/C12H14O4S/c1-16-12(15)10-4-2-3-9(7-10)8-17-6-5-11(13)14/h2-4,7H,5-6,8H2,1H3,(H,13,14). The van der Waals surface area contributed by atoms with E-state index >= 15 is 0 Å². The number of carbonyl (C=O) groups excluding carboxylic acids is 1. The van der Waals surface area contributed by atoms with E-state index in [1.807, 2.05) is 6.07 Å². The first-order valence-electron chi connectivity index (χ1n) is 5.10. The topological polar surface area (TPSA) is 63.6 Å². The molecule has 0 heterocycles. The highest BCUT2D eigenvalue weighted by atomic mass is 32.2. The molecule has 0 amide bonds. The number of benzene rings is 1. The van der Waals surface area contributed by atoms with Gasteiger partial charge in [-0.15, -0.1) is 0 Å². The lowest BCUT2D eigenvalue weighted by Crippen LogP contribution is -2.01. The highest BCUT2D eigenvalue weighted by molar-refractivity contribution is 7.98. The Balaban J connectivity index is 2.48. The normalized spacial score (nSPS) is 9.94. The van der Waals surface area contributed by atoms with Crippen LogP contribution in [0.25, 0.3) is 0 Å². The molecule has 0 aliphatic rings. The number of aliphatic carboxylic acids is 1. The number of thioether (sulfide) groups is 1. The van der Waals surface area contributed by atoms with Gasteiger partial charge in [0, 0.05) is 11.5 Å². The number of hydrogen-bond donors (Lipinski definition) is 1. The van der Waals surface area contributed by atoms with E-state index < -0.39 is 5.97 Å². The molecule has 0 saturated carbocycles. The average molecular weight is 254 g/mol. The molecule has 1 aromatic rings. The van der Waals surface area contributed by atoms with Gasteiger partial charge in [-0.3, -0.25) is 4.79 Å². The summed E-state index contributed by atoms with van der Waals surface area (Å²) >= 11 is 1.53. The van der Waals surface area contributed by atoms with Gasteiger partial charge >= 0.3 is 11.9 Å². The Kier molecular flexibility index (Phi) is 5.56. The van der Waals surface area contributed by atoms with Crippen LogP contribution in [0.5, 0.6) is 0 Å². The molecule has 1 rings (SSSR count). The zero-order chi connectivity index (χ0) is 12.7. The Morgan fingerprint density at radius 2 is 2.18 bits per heavy atom. The number of ether oxygens (including phenoxy) is 1. The number of esters is 1. The predicted octanol–water partition coefficient (Wildman–Crippen LogP) is 2.18. The van der Waals surface area contributed by atoms with Crippen molar-refractivity contribution in [1.29, 1.82) is 0 Å². The zero-order valence-electron chi connectivity index (χ0n) is 9.51. The molecule has 1 N–H and O–H groups in total. The van der Waals surface area contributed by atoms with Crippen molar-refractivity contribution in [3.05, 3.63) is 35.4 Å². The Hall–Kier alpha value is -1.49. The number of hydrogen-bond acceptors (Lipinski definition) is 4. The first-order valence-corrected chi connectivity index (χ1v) is 6.25. The van der Waals surface area contributed by atoms with E-state index in [9.17, 15) is 9.59 Å². The molecule has 5 heteroatoms. The molecule has 0 bridgehead atoms. The molecule has 0 radical (unpaired) electrons. The Bertz CT molecular complexity index is 403. The molecular weight excluding hydrogens is 240 g/mol. The van der Waals surface area contributed by atoms with E-state index in [1.165, 1.54) is 18.9 Å². The molecule has 92 valence electrons. The molecule has 0 aliphatic carbocycles. The summed E-state index contributed by atoms with van der Waals surface area (Å²) in [4.78, 5) is 21.6. The van der Waals surface area contributed by atoms with E-state index in [0.717, 1.165) is 5.56 Å². The van der Waals surface area contributed by atoms with Crippen LogP contribution in [0, 0.1) is 0 Å². The van der Waals surface area contributed by atoms with Crippen molar-refractivity contribution in [2.75, 3.05) is 12.9 Å². The first kappa shape index (κ1) is 13.6. The van der Waals surface area contributed by atoms with Crippen molar-refractivity contribution < 1.29 is 19.4 Å². The number of carbonyl (C=O) groups is 2. The van der Waals surface area contributed by atoms with Gasteiger partial charge in [0.1, 0.15) is 0 Å². The summed E-state index contributed by atoms with van der Waals surface area (Å²) in [6, 6.07) is 7.15. The smallest absolute Gasteiger partial charge is 0.337 e. The quantitative estimate of drug-likeness (QED) is 0.622. The van der Waals surface area contributed by atoms with Gasteiger partial charge in [0.15, 0.2) is 0 Å². The lowest BCUT2D eigenvalue weighted by atomic mass is 10.1. The van der Waals surface area contributed by atoms with Crippen LogP contribution in [0.3, 0.4) is 0 Å². The summed E-state index contributed by atoms with van der Waals surface area (Å²) in [5.74, 6) is 0.110. The third-order valence-corrected chi connectivity index (χ3v) is 3.11. The summed E-state index contributed by atoms with van der Waals surface area (Å²) in [6.45, 7) is 0. The number of carboxylic acids is 1. The lowest BCUT2D eigenvalue weighted by Gasteiger charge is -2.03. The average Bonchev–Trinajstić information content (AvgIpc) is 2.34. The molecule has 1 aromatic carbocycles. The van der Waals surface area contributed by atoms with E-state index in [1.54, 1.807) is 18.2 Å². The van der Waals surface area contributed by atoms with Crippen molar-refractivity contribution in [3.8, 4) is 0 Å². The second kappa shape index (κ2) is 6.96. The largest absolute Gasteiger partial charge is 0.481 e. The maximum atomic E-state index is 11.3. The van der Waals surface area contributed by atoms with Gasteiger partial charge in [-0.25, -0.2) is 4.79 Å². The van der Waals surface area contributed by atoms with Crippen LogP contribution in [0.2, 0.25) is 0 Å². The molecule has 0 aliphatic heterocycles. The van der Waals surface area contributed by atoms with Crippen LogP contribution in [0.1, 0.15) is 22.3 Å². The lowest BCUT2D eigenvalue weighted by molar-refractivity contribution is -0.136. The molecule has 0 fully saturated rings. The van der Waals surface area contributed by atoms with E-state index in [0.29, 0.717) is 17.1 Å². The third-order valence-electron chi connectivity index (χ3n) is 2.08. The highest BCUT2D eigenvalue weighted by Crippen LogP contribution is 2.15. The van der Waals surface area contributed by atoms with Crippen molar-refractivity contribution in [3.63, 3.8) is 0 Å². The molecule has 17 heavy (non-hydrogen) atoms. The van der Waals surface area contributed by atoms with Gasteiger partial charge in [-0.05, 0) is 17.7 Å². The number of carboxylic acid groups (broad SMARTS) is 1. The number of rotatable bonds is 6. The van der Waals surface area contributed by atoms with E-state index in [2.05, 4.69) is 4.74 Å². The fourth-order valence-electron chi connectivity index (χ4n) is 1.26. The third kappa shape index (κ3) is 4.91. The molecule has 0 spiro atoms. The van der Waals surface area contributed by atoms with Gasteiger partial charge in [-0.2, -0.15) is 11.8 Å². The van der Waals surface area contributed by atoms with Crippen LogP contribution in [0.15, 0.2) is 24.3 Å². The minimum absolute atomic E-state index is 0.154. The fraction of sp³-hybridized carbons (Fsp3) is 0.333. The van der Waals surface area contributed by atoms with E-state index in [4.69, 9.17) is 5.11 Å². The zero-order valence-corrected chi connectivity index (χ0v) is 10.3. The van der Waals surface area contributed by atoms with Crippen molar-refractivity contribution in [2.24, 2.45) is 0 Å². The number of methoxy groups -OCH3 is 1. The predicted molar refractivity (Wildman–Crippen MR) is 66.2 cm³/mol. The van der Waals surface area contributed by atoms with Gasteiger partial charge in [0.2, 0.25) is 0 Å². The van der Waals surface area contributed by atoms with E-state index in [-0.39, 0.29) is 12.4 Å². The Labute approximate surface area is 104 Å². The van der Waals surface area contributed by atoms with Crippen LogP contribution in [0.4, 0.5) is 0 Å². The van der Waals surface area contributed by atoms with Crippen LogP contribution in [-0.4, -0.2) is 29.9 Å². The molecular formula is C12H14O4S. The van der Waals surface area contributed by atoms with Crippen molar-refractivity contribution >= 4 is 23.7 Å². The molecule has 0 aromatic heterocycles. The maximum absolute atomic E-state index is 11.3. The molecule has 0 unspecified atom stereocenters. The second-order valence-corrected chi connectivity index (χ2v) is 4.49. The van der Waals surface area contributed by atoms with Crippen LogP contribution in [-0.2, 0) is 15.3 Å². The fourth-order valence-corrected chi connectivity index (χ4v) is 2.13. The Morgan fingerprint density at radius 3 is 2.82 bits per heavy atom. The summed E-state index contributed by atoms with van der Waals surface area (Å²) in [7, 11) is 1.34. The second-order valence-electron chi connectivity index (χ2n) is 3.39. The minimum Gasteiger partial charge on any atom is -0.481 e. The monoisotopic (exact) mass is 254 g/mol. The van der Waals surface area contributed by atoms with Gasteiger partial charge in [0.25, 0.3) is 0 Å². The van der Waals surface area contributed by atoms with Gasteiger partial charge in [-0.1, -0.05) is 12.1 Å². The Morgan fingerprint density at radius 1 is 1.41 bits per heavy atom. The van der Waals surface area contributed by atoms with Crippen LogP contribution >= 0.6 is 11.8 Å². The summed E-state index contributed by atoms with van der Waals surface area (Å²) < 4.78 is 4.62. The van der Waals surface area contributed by atoms with Crippen LogP contribution < -0.4 is 0 Å². The first-order chi connectivity index (χ1) is 8.13. The van der Waals surface area contributed by atoms with Crippen molar-refractivity contribution in [2.45, 2.75) is 12.2 Å². The van der Waals surface area contributed by atoms with Crippen molar-refractivity contribution in [1.82, 2.24) is 0 Å². The van der Waals surface area contributed by atoms with Gasteiger partial charge in [0.05, 0.1) is 19.1 Å². The SMILES string of the molecule is COC(=O)c1cccc(CSCCC(=O)O)c1. The summed E-state index contributed by atoms with van der Waals surface area (Å²) in [6.07, 6.45) is 0.154. The minimum atomic E-state index is -0.791. The maximum Gasteiger partial charge on any atom is 0.337 e. The molecule has 0 saturated heterocycles. The molecule has 4 nitrogen and oxygen atoms in total. The highest BCUT2D eigenvalue weighted by Gasteiger charge is 2.05. The summed E-state index contributed by atoms with van der Waals surface area (Å²) in [5.41, 5.74) is 1.51. The van der Waals surface area contributed by atoms with Gasteiger partial charge < -0.3 is 9.84 Å².